The van der Waals surface area contributed by atoms with Crippen molar-refractivity contribution in [2.45, 2.75) is 12.6 Å². The molecule has 0 unspecified atom stereocenters. The van der Waals surface area contributed by atoms with Gasteiger partial charge in [0.05, 0.1) is 0 Å². The molecule has 23 heavy (non-hydrogen) atoms. The molecule has 0 saturated heterocycles. The molecule has 1 atom stereocenters. The minimum atomic E-state index is -0.344. The van der Waals surface area contributed by atoms with Gasteiger partial charge in [-0.15, -0.1) is 11.3 Å². The van der Waals surface area contributed by atoms with Crippen molar-refractivity contribution in [1.82, 2.24) is 24.6 Å². The Hall–Kier alpha value is -2.74. The Morgan fingerprint density at radius 1 is 1.35 bits per heavy atom. The van der Waals surface area contributed by atoms with Gasteiger partial charge in [0, 0.05) is 18.6 Å². The van der Waals surface area contributed by atoms with Crippen LogP contribution in [-0.4, -0.2) is 25.2 Å². The Balaban J connectivity index is 1.80. The number of rotatable bonds is 5. The number of carbonyl (C=O) groups is 1. The fourth-order valence-corrected chi connectivity index (χ4v) is 2.90. The highest BCUT2D eigenvalue weighted by molar-refractivity contribution is 7.09. The average molecular weight is 329 g/mol. The van der Waals surface area contributed by atoms with E-state index in [2.05, 4.69) is 15.4 Å². The number of carbonyl (C=O) groups excluding carboxylic acids is 1. The molecule has 0 aliphatic heterocycles. The molecule has 0 aliphatic rings. The Bertz CT molecular complexity index is 838. The SMILES string of the molecule is Cn1cnn(CC(=O)N[C@@H](c2ccccc2)c2nccs2)c1=O. The lowest BCUT2D eigenvalue weighted by Crippen LogP contribution is -2.35. The van der Waals surface area contributed by atoms with Gasteiger partial charge in [-0.1, -0.05) is 30.3 Å². The second-order valence-electron chi connectivity index (χ2n) is 4.96. The minimum Gasteiger partial charge on any atom is -0.341 e. The predicted molar refractivity (Wildman–Crippen MR) is 86.0 cm³/mol. The molecule has 7 nitrogen and oxygen atoms in total. The van der Waals surface area contributed by atoms with Crippen LogP contribution >= 0.6 is 11.3 Å². The molecule has 1 amide bonds. The zero-order valence-corrected chi connectivity index (χ0v) is 13.2. The maximum atomic E-state index is 12.3. The van der Waals surface area contributed by atoms with Gasteiger partial charge in [-0.05, 0) is 5.56 Å². The molecule has 2 aromatic heterocycles. The Labute approximate surface area is 136 Å². The van der Waals surface area contributed by atoms with Crippen molar-refractivity contribution >= 4 is 17.2 Å². The van der Waals surface area contributed by atoms with E-state index >= 15 is 0 Å². The molecule has 0 aliphatic carbocycles. The number of thiazole rings is 1. The van der Waals surface area contributed by atoms with E-state index in [9.17, 15) is 9.59 Å². The van der Waals surface area contributed by atoms with Crippen molar-refractivity contribution in [3.8, 4) is 0 Å². The molecular formula is C15H15N5O2S. The zero-order chi connectivity index (χ0) is 16.2. The monoisotopic (exact) mass is 329 g/mol. The van der Waals surface area contributed by atoms with E-state index in [4.69, 9.17) is 0 Å². The lowest BCUT2D eigenvalue weighted by molar-refractivity contribution is -0.122. The van der Waals surface area contributed by atoms with Crippen LogP contribution in [0.15, 0.2) is 53.0 Å². The fourth-order valence-electron chi connectivity index (χ4n) is 2.18. The summed E-state index contributed by atoms with van der Waals surface area (Å²) >= 11 is 1.47. The number of nitrogens with one attached hydrogen (secondary N) is 1. The van der Waals surface area contributed by atoms with Crippen LogP contribution in [-0.2, 0) is 18.4 Å². The van der Waals surface area contributed by atoms with Crippen molar-refractivity contribution in [1.29, 1.82) is 0 Å². The van der Waals surface area contributed by atoms with Crippen LogP contribution < -0.4 is 11.0 Å². The van der Waals surface area contributed by atoms with E-state index < -0.39 is 0 Å². The van der Waals surface area contributed by atoms with Crippen LogP contribution in [0.5, 0.6) is 0 Å². The molecule has 0 radical (unpaired) electrons. The minimum absolute atomic E-state index is 0.131. The molecule has 0 spiro atoms. The van der Waals surface area contributed by atoms with Gasteiger partial charge in [-0.3, -0.25) is 9.36 Å². The molecule has 3 aromatic rings. The first-order valence-corrected chi connectivity index (χ1v) is 7.85. The van der Waals surface area contributed by atoms with Gasteiger partial charge in [-0.2, -0.15) is 5.10 Å². The van der Waals surface area contributed by atoms with Gasteiger partial charge in [-0.25, -0.2) is 14.5 Å². The first-order valence-electron chi connectivity index (χ1n) is 6.97. The third-order valence-electron chi connectivity index (χ3n) is 3.32. The number of amides is 1. The van der Waals surface area contributed by atoms with E-state index in [0.717, 1.165) is 15.3 Å². The van der Waals surface area contributed by atoms with E-state index in [0.29, 0.717) is 0 Å². The van der Waals surface area contributed by atoms with Crippen LogP contribution in [0.25, 0.3) is 0 Å². The van der Waals surface area contributed by atoms with Crippen molar-refractivity contribution in [3.63, 3.8) is 0 Å². The smallest absolute Gasteiger partial charge is 0.341 e. The van der Waals surface area contributed by atoms with Crippen LogP contribution in [0.1, 0.15) is 16.6 Å². The zero-order valence-electron chi connectivity index (χ0n) is 12.4. The normalized spacial score (nSPS) is 12.0. The van der Waals surface area contributed by atoms with Crippen LogP contribution in [0.3, 0.4) is 0 Å². The van der Waals surface area contributed by atoms with Gasteiger partial charge in [0.1, 0.15) is 23.9 Å². The Morgan fingerprint density at radius 3 is 2.74 bits per heavy atom. The second-order valence-corrected chi connectivity index (χ2v) is 5.89. The standard InChI is InChI=1S/C15H15N5O2S/c1-19-10-17-20(15(19)22)9-12(21)18-13(14-16-7-8-23-14)11-5-3-2-4-6-11/h2-8,10,13H,9H2,1H3,(H,18,21)/t13-/m0/s1. The third-order valence-corrected chi connectivity index (χ3v) is 4.16. The highest BCUT2D eigenvalue weighted by atomic mass is 32.1. The maximum absolute atomic E-state index is 12.3. The van der Waals surface area contributed by atoms with Gasteiger partial charge >= 0.3 is 5.69 Å². The summed E-state index contributed by atoms with van der Waals surface area (Å²) in [5.41, 5.74) is 0.606. The van der Waals surface area contributed by atoms with E-state index in [1.165, 1.54) is 22.2 Å². The lowest BCUT2D eigenvalue weighted by atomic mass is 10.1. The van der Waals surface area contributed by atoms with Gasteiger partial charge in [0.2, 0.25) is 5.91 Å². The lowest BCUT2D eigenvalue weighted by Gasteiger charge is -2.16. The quantitative estimate of drug-likeness (QED) is 0.755. The first kappa shape index (κ1) is 15.2. The number of hydrogen-bond acceptors (Lipinski definition) is 5. The number of aryl methyl sites for hydroxylation is 1. The van der Waals surface area contributed by atoms with Crippen molar-refractivity contribution in [2.24, 2.45) is 7.05 Å². The molecule has 0 bridgehead atoms. The Kier molecular flexibility index (Phi) is 4.33. The molecule has 118 valence electrons. The van der Waals surface area contributed by atoms with E-state index in [-0.39, 0.29) is 24.2 Å². The largest absolute Gasteiger partial charge is 0.345 e. The predicted octanol–water partition coefficient (Wildman–Crippen LogP) is 0.944. The third kappa shape index (κ3) is 3.37. The van der Waals surface area contributed by atoms with Gasteiger partial charge in [0.25, 0.3) is 0 Å². The molecule has 1 aromatic carbocycles. The molecule has 0 fully saturated rings. The average Bonchev–Trinajstić information content (AvgIpc) is 3.19. The van der Waals surface area contributed by atoms with Crippen LogP contribution in [0.2, 0.25) is 0 Å². The molecule has 2 heterocycles. The number of nitrogens with zero attached hydrogens (tertiary/aromatic N) is 4. The van der Waals surface area contributed by atoms with Crippen LogP contribution in [0.4, 0.5) is 0 Å². The molecule has 3 rings (SSSR count). The number of benzene rings is 1. The summed E-state index contributed by atoms with van der Waals surface area (Å²) in [6, 6.07) is 9.25. The highest BCUT2D eigenvalue weighted by Crippen LogP contribution is 2.23. The number of aromatic nitrogens is 4. The maximum Gasteiger partial charge on any atom is 0.345 e. The summed E-state index contributed by atoms with van der Waals surface area (Å²) in [5, 5.41) is 9.46. The second kappa shape index (κ2) is 6.57. The highest BCUT2D eigenvalue weighted by Gasteiger charge is 2.19. The van der Waals surface area contributed by atoms with Crippen molar-refractivity contribution < 1.29 is 4.79 Å². The summed E-state index contributed by atoms with van der Waals surface area (Å²) in [5.74, 6) is -0.296. The van der Waals surface area contributed by atoms with Gasteiger partial charge in [0.15, 0.2) is 0 Å². The summed E-state index contributed by atoms with van der Waals surface area (Å²) in [6.07, 6.45) is 3.08. The van der Waals surface area contributed by atoms with Crippen molar-refractivity contribution in [3.05, 3.63) is 69.3 Å². The van der Waals surface area contributed by atoms with E-state index in [1.807, 2.05) is 35.7 Å². The summed E-state index contributed by atoms with van der Waals surface area (Å²) in [6.45, 7) is -0.131. The summed E-state index contributed by atoms with van der Waals surface area (Å²) in [7, 11) is 1.59. The topological polar surface area (TPSA) is 81.8 Å². The van der Waals surface area contributed by atoms with Crippen molar-refractivity contribution in [2.75, 3.05) is 0 Å². The molecule has 0 saturated carbocycles. The van der Waals surface area contributed by atoms with Crippen LogP contribution in [0, 0.1) is 0 Å². The summed E-state index contributed by atoms with van der Waals surface area (Å²) in [4.78, 5) is 28.4. The summed E-state index contributed by atoms with van der Waals surface area (Å²) < 4.78 is 2.45. The Morgan fingerprint density at radius 2 is 2.13 bits per heavy atom. The first-order chi connectivity index (χ1) is 11.1. The molecule has 8 heteroatoms. The molecular weight excluding hydrogens is 314 g/mol. The van der Waals surface area contributed by atoms with E-state index in [1.54, 1.807) is 13.2 Å². The fraction of sp³-hybridized carbons (Fsp3) is 0.200. The number of hydrogen-bond donors (Lipinski definition) is 1. The molecule has 1 N–H and O–H groups in total. The van der Waals surface area contributed by atoms with Gasteiger partial charge < -0.3 is 5.32 Å².